The normalized spacial score (nSPS) is 10.5. The van der Waals surface area contributed by atoms with Crippen molar-refractivity contribution in [3.8, 4) is 22.6 Å². The van der Waals surface area contributed by atoms with Crippen LogP contribution in [-0.4, -0.2) is 25.5 Å². The second-order valence-electron chi connectivity index (χ2n) is 6.41. The maximum atomic E-state index is 12.1. The van der Waals surface area contributed by atoms with E-state index in [1.54, 1.807) is 30.3 Å². The fraction of sp³-hybridized carbons (Fsp3) is 0.0833. The van der Waals surface area contributed by atoms with Crippen LogP contribution < -0.4 is 20.3 Å². The third-order valence-corrected chi connectivity index (χ3v) is 4.50. The van der Waals surface area contributed by atoms with Gasteiger partial charge in [0.1, 0.15) is 11.5 Å². The van der Waals surface area contributed by atoms with E-state index >= 15 is 0 Å². The van der Waals surface area contributed by atoms with Gasteiger partial charge >= 0.3 is 0 Å². The Morgan fingerprint density at radius 1 is 0.935 bits per heavy atom. The Balaban J connectivity index is 1.52. The van der Waals surface area contributed by atoms with Gasteiger partial charge in [0.2, 0.25) is 0 Å². The van der Waals surface area contributed by atoms with Crippen LogP contribution >= 0.6 is 11.6 Å². The van der Waals surface area contributed by atoms with E-state index in [0.29, 0.717) is 22.1 Å². The molecule has 2 N–H and O–H groups in total. The Morgan fingerprint density at radius 2 is 1.68 bits per heavy atom. The van der Waals surface area contributed by atoms with E-state index in [9.17, 15) is 9.59 Å². The van der Waals surface area contributed by atoms with E-state index in [4.69, 9.17) is 21.1 Å². The van der Waals surface area contributed by atoms with Gasteiger partial charge in [-0.3, -0.25) is 20.4 Å². The van der Waals surface area contributed by atoms with Gasteiger partial charge in [0, 0.05) is 22.2 Å². The van der Waals surface area contributed by atoms with Crippen LogP contribution in [0.15, 0.2) is 78.9 Å². The minimum Gasteiger partial charge on any atom is -0.496 e. The summed E-state index contributed by atoms with van der Waals surface area (Å²) in [5.41, 5.74) is 7.11. The van der Waals surface area contributed by atoms with Crippen LogP contribution in [0.2, 0.25) is 5.02 Å². The largest absolute Gasteiger partial charge is 0.496 e. The lowest BCUT2D eigenvalue weighted by Gasteiger charge is -2.12. The third-order valence-electron chi connectivity index (χ3n) is 4.26. The Bertz CT molecular complexity index is 1080. The van der Waals surface area contributed by atoms with Gasteiger partial charge in [0.15, 0.2) is 6.61 Å². The molecule has 0 radical (unpaired) electrons. The van der Waals surface area contributed by atoms with Crippen molar-refractivity contribution in [1.29, 1.82) is 0 Å². The number of hydrazine groups is 1. The highest BCUT2D eigenvalue weighted by Gasteiger charge is 2.09. The molecule has 6 nitrogen and oxygen atoms in total. The summed E-state index contributed by atoms with van der Waals surface area (Å²) in [5.74, 6) is 0.135. The van der Waals surface area contributed by atoms with Gasteiger partial charge in [0.05, 0.1) is 7.11 Å². The number of ether oxygens (including phenoxy) is 2. The number of nitrogens with one attached hydrogen (secondary N) is 2. The number of hydrogen-bond donors (Lipinski definition) is 2. The lowest BCUT2D eigenvalue weighted by Crippen LogP contribution is -2.43. The number of benzene rings is 3. The average Bonchev–Trinajstić information content (AvgIpc) is 2.81. The number of carbonyl (C=O) groups is 2. The fourth-order valence-electron chi connectivity index (χ4n) is 2.80. The van der Waals surface area contributed by atoms with Crippen LogP contribution in [0.1, 0.15) is 5.56 Å². The van der Waals surface area contributed by atoms with Crippen LogP contribution in [0, 0.1) is 0 Å². The van der Waals surface area contributed by atoms with Gasteiger partial charge in [-0.05, 0) is 35.9 Å². The van der Waals surface area contributed by atoms with E-state index in [1.807, 2.05) is 48.5 Å². The monoisotopic (exact) mass is 436 g/mol. The molecular formula is C24H21ClN2O4. The summed E-state index contributed by atoms with van der Waals surface area (Å²) in [6, 6.07) is 22.2. The van der Waals surface area contributed by atoms with Crippen molar-refractivity contribution in [2.45, 2.75) is 0 Å². The molecule has 0 aliphatic carbocycles. The van der Waals surface area contributed by atoms with E-state index in [1.165, 1.54) is 13.2 Å². The first-order valence-corrected chi connectivity index (χ1v) is 9.82. The van der Waals surface area contributed by atoms with E-state index < -0.39 is 11.8 Å². The van der Waals surface area contributed by atoms with Crippen molar-refractivity contribution in [2.75, 3.05) is 13.7 Å². The molecule has 0 heterocycles. The average molecular weight is 437 g/mol. The number of hydrogen-bond acceptors (Lipinski definition) is 4. The summed E-state index contributed by atoms with van der Waals surface area (Å²) >= 11 is 5.97. The zero-order valence-electron chi connectivity index (χ0n) is 16.8. The lowest BCUT2D eigenvalue weighted by molar-refractivity contribution is -0.128. The maximum Gasteiger partial charge on any atom is 0.276 e. The standard InChI is InChI=1S/C24H21ClN2O4/c1-30-21-13-12-19(25)15-18(21)11-14-23(28)26-27-24(29)16-31-22-10-6-5-9-20(22)17-7-3-2-4-8-17/h2-15H,16H2,1H3,(H,26,28)(H,27,29)/b14-11+. The second kappa shape index (κ2) is 10.8. The van der Waals surface area contributed by atoms with Crippen LogP contribution in [0.5, 0.6) is 11.5 Å². The van der Waals surface area contributed by atoms with Gasteiger partial charge in [-0.25, -0.2) is 0 Å². The highest BCUT2D eigenvalue weighted by atomic mass is 35.5. The molecule has 0 bridgehead atoms. The Hall–Kier alpha value is -3.77. The summed E-state index contributed by atoms with van der Waals surface area (Å²) in [6.07, 6.45) is 2.80. The van der Waals surface area contributed by atoms with Gasteiger partial charge in [-0.15, -0.1) is 0 Å². The molecule has 0 saturated heterocycles. The Morgan fingerprint density at radius 3 is 2.45 bits per heavy atom. The summed E-state index contributed by atoms with van der Waals surface area (Å²) in [4.78, 5) is 24.1. The molecule has 3 aromatic rings. The first kappa shape index (κ1) is 21.9. The summed E-state index contributed by atoms with van der Waals surface area (Å²) in [7, 11) is 1.52. The van der Waals surface area contributed by atoms with Crippen molar-refractivity contribution in [2.24, 2.45) is 0 Å². The molecule has 3 aromatic carbocycles. The van der Waals surface area contributed by atoms with Gasteiger partial charge in [0.25, 0.3) is 11.8 Å². The Kier molecular flexibility index (Phi) is 7.67. The zero-order valence-corrected chi connectivity index (χ0v) is 17.6. The predicted octanol–water partition coefficient (Wildman–Crippen LogP) is 4.26. The molecule has 31 heavy (non-hydrogen) atoms. The van der Waals surface area contributed by atoms with Crippen molar-refractivity contribution < 1.29 is 19.1 Å². The zero-order chi connectivity index (χ0) is 22.1. The maximum absolute atomic E-state index is 12.1. The van der Waals surface area contributed by atoms with Crippen molar-refractivity contribution >= 4 is 29.5 Å². The predicted molar refractivity (Wildman–Crippen MR) is 121 cm³/mol. The molecule has 0 atom stereocenters. The topological polar surface area (TPSA) is 76.7 Å². The van der Waals surface area contributed by atoms with Crippen LogP contribution in [0.25, 0.3) is 17.2 Å². The van der Waals surface area contributed by atoms with Crippen molar-refractivity contribution in [3.05, 3.63) is 89.5 Å². The van der Waals surface area contributed by atoms with Crippen LogP contribution in [0.3, 0.4) is 0 Å². The van der Waals surface area contributed by atoms with E-state index in [0.717, 1.165) is 11.1 Å². The minimum atomic E-state index is -0.514. The van der Waals surface area contributed by atoms with E-state index in [-0.39, 0.29) is 6.61 Å². The van der Waals surface area contributed by atoms with Gasteiger partial charge in [-0.2, -0.15) is 0 Å². The van der Waals surface area contributed by atoms with Crippen LogP contribution in [0.4, 0.5) is 0 Å². The molecule has 0 fully saturated rings. The van der Waals surface area contributed by atoms with Crippen LogP contribution in [-0.2, 0) is 9.59 Å². The first-order chi connectivity index (χ1) is 15.1. The molecule has 0 aliphatic heterocycles. The summed E-state index contributed by atoms with van der Waals surface area (Å²) in [5, 5.41) is 0.516. The summed E-state index contributed by atoms with van der Waals surface area (Å²) < 4.78 is 10.9. The fourth-order valence-corrected chi connectivity index (χ4v) is 2.98. The third kappa shape index (κ3) is 6.35. The lowest BCUT2D eigenvalue weighted by atomic mass is 10.1. The molecule has 0 aromatic heterocycles. The number of amides is 2. The van der Waals surface area contributed by atoms with E-state index in [2.05, 4.69) is 10.9 Å². The molecule has 2 amide bonds. The minimum absolute atomic E-state index is 0.254. The molecular weight excluding hydrogens is 416 g/mol. The first-order valence-electron chi connectivity index (χ1n) is 9.44. The molecule has 3 rings (SSSR count). The molecule has 7 heteroatoms. The van der Waals surface area contributed by atoms with Gasteiger partial charge < -0.3 is 9.47 Å². The molecule has 0 aliphatic rings. The number of halogens is 1. The smallest absolute Gasteiger partial charge is 0.276 e. The number of methoxy groups -OCH3 is 1. The Labute approximate surface area is 185 Å². The SMILES string of the molecule is COc1ccc(Cl)cc1/C=C/C(=O)NNC(=O)COc1ccccc1-c1ccccc1. The molecule has 0 spiro atoms. The van der Waals surface area contributed by atoms with Gasteiger partial charge in [-0.1, -0.05) is 60.1 Å². The molecule has 0 saturated carbocycles. The summed E-state index contributed by atoms with van der Waals surface area (Å²) in [6.45, 7) is -0.254. The number of carbonyl (C=O) groups excluding carboxylic acids is 2. The second-order valence-corrected chi connectivity index (χ2v) is 6.84. The highest BCUT2D eigenvalue weighted by molar-refractivity contribution is 6.30. The molecule has 158 valence electrons. The van der Waals surface area contributed by atoms with Crippen molar-refractivity contribution in [3.63, 3.8) is 0 Å². The number of rotatable bonds is 7. The highest BCUT2D eigenvalue weighted by Crippen LogP contribution is 2.29. The number of para-hydroxylation sites is 1. The van der Waals surface area contributed by atoms with Crippen molar-refractivity contribution in [1.82, 2.24) is 10.9 Å². The quantitative estimate of drug-likeness (QED) is 0.428. The molecule has 0 unspecified atom stereocenters.